The lowest BCUT2D eigenvalue weighted by Crippen LogP contribution is -2.13. The maximum Gasteiger partial charge on any atom is 0.141 e. The lowest BCUT2D eigenvalue weighted by atomic mass is 10.1. The second kappa shape index (κ2) is 6.33. The van der Waals surface area contributed by atoms with E-state index in [9.17, 15) is 8.78 Å². The Balaban J connectivity index is 1.97. The zero-order valence-electron chi connectivity index (χ0n) is 11.4. The molecule has 0 bridgehead atoms. The van der Waals surface area contributed by atoms with Crippen molar-refractivity contribution in [3.05, 3.63) is 69.2 Å². The van der Waals surface area contributed by atoms with Crippen molar-refractivity contribution in [3.63, 3.8) is 0 Å². The molecule has 0 unspecified atom stereocenters. The lowest BCUT2D eigenvalue weighted by Gasteiger charge is -2.09. The predicted molar refractivity (Wildman–Crippen MR) is 77.8 cm³/mol. The van der Waals surface area contributed by atoms with Crippen molar-refractivity contribution in [1.82, 2.24) is 5.32 Å². The summed E-state index contributed by atoms with van der Waals surface area (Å²) in [5, 5.41) is 3.36. The molecule has 0 radical (unpaired) electrons. The molecule has 20 heavy (non-hydrogen) atoms. The SMILES string of the molecule is Cc1cc(CNCc2ccc(F)c(Cl)c2)cc(C)c1F. The summed E-state index contributed by atoms with van der Waals surface area (Å²) in [5.41, 5.74) is 3.22. The molecular formula is C16H16ClF2N. The average Bonchev–Trinajstić information content (AvgIpc) is 2.40. The second-order valence-electron chi connectivity index (χ2n) is 4.90. The Labute approximate surface area is 122 Å². The summed E-state index contributed by atoms with van der Waals surface area (Å²) in [4.78, 5) is 0. The number of aryl methyl sites for hydroxylation is 2. The molecule has 106 valence electrons. The monoisotopic (exact) mass is 295 g/mol. The molecule has 0 aliphatic rings. The maximum absolute atomic E-state index is 13.5. The zero-order chi connectivity index (χ0) is 14.7. The van der Waals surface area contributed by atoms with Gasteiger partial charge in [-0.15, -0.1) is 0 Å². The molecule has 0 aliphatic carbocycles. The Morgan fingerprint density at radius 2 is 1.55 bits per heavy atom. The van der Waals surface area contributed by atoms with Crippen LogP contribution in [0.1, 0.15) is 22.3 Å². The smallest absolute Gasteiger partial charge is 0.141 e. The van der Waals surface area contributed by atoms with Crippen molar-refractivity contribution in [3.8, 4) is 0 Å². The third kappa shape index (κ3) is 3.56. The van der Waals surface area contributed by atoms with E-state index in [1.807, 2.05) is 12.1 Å². The fraction of sp³-hybridized carbons (Fsp3) is 0.250. The van der Waals surface area contributed by atoms with Gasteiger partial charge in [0.15, 0.2) is 0 Å². The fourth-order valence-corrected chi connectivity index (χ4v) is 2.34. The highest BCUT2D eigenvalue weighted by Gasteiger charge is 2.05. The van der Waals surface area contributed by atoms with Crippen LogP contribution in [0.4, 0.5) is 8.78 Å². The number of rotatable bonds is 4. The first kappa shape index (κ1) is 14.9. The van der Waals surface area contributed by atoms with Crippen molar-refractivity contribution < 1.29 is 8.78 Å². The van der Waals surface area contributed by atoms with Gasteiger partial charge in [-0.1, -0.05) is 29.8 Å². The Morgan fingerprint density at radius 3 is 2.15 bits per heavy atom. The molecule has 2 aromatic carbocycles. The highest BCUT2D eigenvalue weighted by atomic mass is 35.5. The molecule has 2 aromatic rings. The van der Waals surface area contributed by atoms with Crippen LogP contribution in [0.3, 0.4) is 0 Å². The van der Waals surface area contributed by atoms with Crippen LogP contribution < -0.4 is 5.32 Å². The number of hydrogen-bond donors (Lipinski definition) is 1. The van der Waals surface area contributed by atoms with Gasteiger partial charge in [-0.2, -0.15) is 0 Å². The topological polar surface area (TPSA) is 12.0 Å². The van der Waals surface area contributed by atoms with Crippen LogP contribution in [0, 0.1) is 25.5 Å². The molecule has 0 heterocycles. The van der Waals surface area contributed by atoms with E-state index in [0.717, 1.165) is 11.1 Å². The van der Waals surface area contributed by atoms with Crippen LogP contribution in [0.2, 0.25) is 5.02 Å². The van der Waals surface area contributed by atoms with E-state index < -0.39 is 5.82 Å². The van der Waals surface area contributed by atoms with Gasteiger partial charge in [0.1, 0.15) is 11.6 Å². The minimum Gasteiger partial charge on any atom is -0.309 e. The van der Waals surface area contributed by atoms with Crippen LogP contribution in [0.15, 0.2) is 30.3 Å². The van der Waals surface area contributed by atoms with Crippen molar-refractivity contribution in [2.75, 3.05) is 0 Å². The predicted octanol–water partition coefficient (Wildman–Crippen LogP) is 4.52. The normalized spacial score (nSPS) is 10.8. The van der Waals surface area contributed by atoms with Gasteiger partial charge in [0.25, 0.3) is 0 Å². The molecular weight excluding hydrogens is 280 g/mol. The summed E-state index contributed by atoms with van der Waals surface area (Å²) in [6, 6.07) is 8.30. The zero-order valence-corrected chi connectivity index (χ0v) is 12.2. The Kier molecular flexibility index (Phi) is 4.73. The lowest BCUT2D eigenvalue weighted by molar-refractivity contribution is 0.606. The minimum atomic E-state index is -0.416. The number of nitrogens with one attached hydrogen (secondary N) is 1. The third-order valence-electron chi connectivity index (χ3n) is 3.14. The van der Waals surface area contributed by atoms with E-state index in [4.69, 9.17) is 11.6 Å². The Morgan fingerprint density at radius 1 is 0.950 bits per heavy atom. The summed E-state index contributed by atoms with van der Waals surface area (Å²) >= 11 is 5.72. The summed E-state index contributed by atoms with van der Waals surface area (Å²) in [7, 11) is 0. The van der Waals surface area contributed by atoms with Gasteiger partial charge < -0.3 is 5.32 Å². The average molecular weight is 296 g/mol. The van der Waals surface area contributed by atoms with E-state index in [1.165, 1.54) is 6.07 Å². The van der Waals surface area contributed by atoms with Crippen molar-refractivity contribution >= 4 is 11.6 Å². The summed E-state index contributed by atoms with van der Waals surface area (Å²) in [6.07, 6.45) is 0. The standard InChI is InChI=1S/C16H16ClF2N/c1-10-5-13(6-11(2)16(10)19)9-20-8-12-3-4-15(18)14(17)7-12/h3-7,20H,8-9H2,1-2H3. The highest BCUT2D eigenvalue weighted by molar-refractivity contribution is 6.30. The van der Waals surface area contributed by atoms with Crippen LogP contribution >= 0.6 is 11.6 Å². The molecule has 0 spiro atoms. The molecule has 0 fully saturated rings. The number of hydrogen-bond acceptors (Lipinski definition) is 1. The molecule has 0 aliphatic heterocycles. The molecule has 0 saturated carbocycles. The molecule has 0 aromatic heterocycles. The first-order chi connectivity index (χ1) is 9.47. The first-order valence-corrected chi connectivity index (χ1v) is 6.75. The summed E-state index contributed by atoms with van der Waals surface area (Å²) in [6.45, 7) is 4.71. The summed E-state index contributed by atoms with van der Waals surface area (Å²) < 4.78 is 26.5. The van der Waals surface area contributed by atoms with Crippen LogP contribution in [-0.2, 0) is 13.1 Å². The minimum absolute atomic E-state index is 0.123. The molecule has 1 N–H and O–H groups in total. The van der Waals surface area contributed by atoms with E-state index in [-0.39, 0.29) is 10.8 Å². The van der Waals surface area contributed by atoms with Crippen molar-refractivity contribution in [1.29, 1.82) is 0 Å². The van der Waals surface area contributed by atoms with Gasteiger partial charge in [0, 0.05) is 13.1 Å². The number of benzene rings is 2. The van der Waals surface area contributed by atoms with Gasteiger partial charge >= 0.3 is 0 Å². The molecule has 0 saturated heterocycles. The van der Waals surface area contributed by atoms with Gasteiger partial charge in [-0.25, -0.2) is 8.78 Å². The highest BCUT2D eigenvalue weighted by Crippen LogP contribution is 2.17. The van der Waals surface area contributed by atoms with Crippen LogP contribution in [-0.4, -0.2) is 0 Å². The molecule has 0 amide bonds. The van der Waals surface area contributed by atoms with Gasteiger partial charge in [-0.3, -0.25) is 0 Å². The van der Waals surface area contributed by atoms with Crippen molar-refractivity contribution in [2.45, 2.75) is 26.9 Å². The molecule has 0 atom stereocenters. The number of halogens is 3. The first-order valence-electron chi connectivity index (χ1n) is 6.37. The van der Waals surface area contributed by atoms with E-state index in [1.54, 1.807) is 26.0 Å². The van der Waals surface area contributed by atoms with E-state index in [0.29, 0.717) is 24.2 Å². The van der Waals surface area contributed by atoms with Gasteiger partial charge in [-0.05, 0) is 48.2 Å². The van der Waals surface area contributed by atoms with E-state index >= 15 is 0 Å². The molecule has 1 nitrogen and oxygen atoms in total. The second-order valence-corrected chi connectivity index (χ2v) is 5.30. The van der Waals surface area contributed by atoms with Gasteiger partial charge in [0.2, 0.25) is 0 Å². The maximum atomic E-state index is 13.5. The van der Waals surface area contributed by atoms with E-state index in [2.05, 4.69) is 5.32 Å². The van der Waals surface area contributed by atoms with Crippen LogP contribution in [0.25, 0.3) is 0 Å². The molecule has 2 rings (SSSR count). The van der Waals surface area contributed by atoms with Gasteiger partial charge in [0.05, 0.1) is 5.02 Å². The Bertz CT molecular complexity index is 603. The summed E-state index contributed by atoms with van der Waals surface area (Å²) in [5.74, 6) is -0.570. The fourth-order valence-electron chi connectivity index (χ4n) is 2.14. The quantitative estimate of drug-likeness (QED) is 0.874. The Hall–Kier alpha value is -1.45. The van der Waals surface area contributed by atoms with Crippen molar-refractivity contribution in [2.24, 2.45) is 0 Å². The third-order valence-corrected chi connectivity index (χ3v) is 3.43. The molecule has 4 heteroatoms. The van der Waals surface area contributed by atoms with Crippen LogP contribution in [0.5, 0.6) is 0 Å². The largest absolute Gasteiger partial charge is 0.309 e.